The summed E-state index contributed by atoms with van der Waals surface area (Å²) in [6, 6.07) is 16.0. The number of anilines is 1. The number of likely N-dealkylation sites (tertiary alicyclic amines) is 1. The van der Waals surface area contributed by atoms with Crippen molar-refractivity contribution in [3.05, 3.63) is 71.3 Å². The first-order valence-electron chi connectivity index (χ1n) is 13.6. The number of piperidine rings is 1. The molecular formula is C30H35N5O5. The number of ketones is 1. The molecule has 1 saturated carbocycles. The maximum atomic E-state index is 13.6. The van der Waals surface area contributed by atoms with Crippen LogP contribution in [0.15, 0.2) is 54.6 Å². The molecule has 5 rings (SSSR count). The number of benzene rings is 2. The molecule has 1 aliphatic carbocycles. The van der Waals surface area contributed by atoms with Gasteiger partial charge < -0.3 is 25.4 Å². The van der Waals surface area contributed by atoms with E-state index < -0.39 is 5.60 Å². The monoisotopic (exact) mass is 545 g/mol. The van der Waals surface area contributed by atoms with E-state index in [0.717, 1.165) is 12.8 Å². The van der Waals surface area contributed by atoms with Crippen molar-refractivity contribution in [3.8, 4) is 11.6 Å². The summed E-state index contributed by atoms with van der Waals surface area (Å²) in [4.78, 5) is 40.1. The minimum absolute atomic E-state index is 0.121. The zero-order valence-corrected chi connectivity index (χ0v) is 23.1. The van der Waals surface area contributed by atoms with Crippen LogP contribution in [0.2, 0.25) is 0 Å². The summed E-state index contributed by atoms with van der Waals surface area (Å²) in [7, 11) is 0. The molecule has 2 aliphatic rings. The van der Waals surface area contributed by atoms with Crippen LogP contribution in [0.1, 0.15) is 72.7 Å². The van der Waals surface area contributed by atoms with Crippen LogP contribution in [0.3, 0.4) is 0 Å². The SMILES string of the molecule is CC(C)(C)OC(=O)N1CCC(Oc2nn(-c3ccc(C(=O)NC4CC4)cc3)c(N)c2C(=O)c2ccccc2)CC1. The summed E-state index contributed by atoms with van der Waals surface area (Å²) in [5.41, 5.74) is 7.73. The van der Waals surface area contributed by atoms with Crippen molar-refractivity contribution in [1.82, 2.24) is 20.0 Å². The lowest BCUT2D eigenvalue weighted by atomic mass is 10.0. The summed E-state index contributed by atoms with van der Waals surface area (Å²) in [6.45, 7) is 6.43. The molecule has 2 fully saturated rings. The summed E-state index contributed by atoms with van der Waals surface area (Å²) >= 11 is 0. The van der Waals surface area contributed by atoms with E-state index in [1.807, 2.05) is 26.8 Å². The standard InChI is InChI=1S/C30H35N5O5/c1-30(2,3)40-29(38)34-17-15-23(16-18-34)39-28-24(25(36)19-7-5-4-6-8-19)26(31)35(33-28)22-13-9-20(10-14-22)27(37)32-21-11-12-21/h4-10,13-14,21,23H,11-12,15-18,31H2,1-3H3,(H,32,37). The van der Waals surface area contributed by atoms with Gasteiger partial charge in [-0.1, -0.05) is 30.3 Å². The number of amides is 2. The van der Waals surface area contributed by atoms with E-state index in [2.05, 4.69) is 10.4 Å². The second kappa shape index (κ2) is 11.0. The number of carbonyl (C=O) groups is 3. The van der Waals surface area contributed by atoms with Gasteiger partial charge in [0.05, 0.1) is 5.69 Å². The summed E-state index contributed by atoms with van der Waals surface area (Å²) in [5, 5.41) is 7.57. The van der Waals surface area contributed by atoms with Crippen molar-refractivity contribution in [3.63, 3.8) is 0 Å². The largest absolute Gasteiger partial charge is 0.473 e. The molecule has 3 N–H and O–H groups in total. The van der Waals surface area contributed by atoms with Crippen LogP contribution in [-0.2, 0) is 4.74 Å². The highest BCUT2D eigenvalue weighted by Gasteiger charge is 2.31. The molecule has 1 aliphatic heterocycles. The lowest BCUT2D eigenvalue weighted by Crippen LogP contribution is -2.44. The molecule has 10 heteroatoms. The Bertz CT molecular complexity index is 1380. The Labute approximate surface area is 233 Å². The van der Waals surface area contributed by atoms with E-state index >= 15 is 0 Å². The van der Waals surface area contributed by atoms with Crippen molar-refractivity contribution in [1.29, 1.82) is 0 Å². The van der Waals surface area contributed by atoms with Gasteiger partial charge in [0, 0.05) is 43.1 Å². The number of rotatable bonds is 7. The first kappa shape index (κ1) is 27.2. The molecule has 1 saturated heterocycles. The van der Waals surface area contributed by atoms with Crippen molar-refractivity contribution in [2.24, 2.45) is 0 Å². The van der Waals surface area contributed by atoms with Gasteiger partial charge >= 0.3 is 6.09 Å². The Balaban J connectivity index is 1.37. The van der Waals surface area contributed by atoms with Crippen LogP contribution in [0.4, 0.5) is 10.6 Å². The van der Waals surface area contributed by atoms with Crippen LogP contribution in [-0.4, -0.2) is 63.3 Å². The second-order valence-corrected chi connectivity index (χ2v) is 11.3. The van der Waals surface area contributed by atoms with Gasteiger partial charge in [-0.25, -0.2) is 9.48 Å². The first-order valence-corrected chi connectivity index (χ1v) is 13.6. The Morgan fingerprint density at radius 2 is 1.57 bits per heavy atom. The molecule has 0 spiro atoms. The van der Waals surface area contributed by atoms with Crippen molar-refractivity contribution in [2.75, 3.05) is 18.8 Å². The number of nitrogens with zero attached hydrogens (tertiary/aromatic N) is 3. The molecule has 1 aromatic heterocycles. The zero-order valence-electron chi connectivity index (χ0n) is 23.1. The molecule has 3 aromatic rings. The molecule has 0 radical (unpaired) electrons. The smallest absolute Gasteiger partial charge is 0.410 e. The molecule has 210 valence electrons. The maximum Gasteiger partial charge on any atom is 0.410 e. The third-order valence-electron chi connectivity index (χ3n) is 6.81. The van der Waals surface area contributed by atoms with Gasteiger partial charge in [0.2, 0.25) is 11.7 Å². The van der Waals surface area contributed by atoms with E-state index in [1.165, 1.54) is 4.68 Å². The molecule has 0 unspecified atom stereocenters. The molecule has 2 heterocycles. The summed E-state index contributed by atoms with van der Waals surface area (Å²) < 4.78 is 13.2. The topological polar surface area (TPSA) is 129 Å². The van der Waals surface area contributed by atoms with E-state index in [4.69, 9.17) is 15.2 Å². The normalized spacial score (nSPS) is 15.9. The minimum atomic E-state index is -0.569. The number of hydrogen-bond acceptors (Lipinski definition) is 7. The number of ether oxygens (including phenoxy) is 2. The molecular weight excluding hydrogens is 510 g/mol. The lowest BCUT2D eigenvalue weighted by molar-refractivity contribution is 0.0122. The van der Waals surface area contributed by atoms with Gasteiger partial charge in [-0.05, 0) is 57.9 Å². The second-order valence-electron chi connectivity index (χ2n) is 11.3. The molecule has 2 aromatic carbocycles. The van der Waals surface area contributed by atoms with Crippen LogP contribution < -0.4 is 15.8 Å². The van der Waals surface area contributed by atoms with Crippen LogP contribution in [0.25, 0.3) is 5.69 Å². The van der Waals surface area contributed by atoms with Gasteiger partial charge in [-0.2, -0.15) is 0 Å². The maximum absolute atomic E-state index is 13.6. The van der Waals surface area contributed by atoms with E-state index in [-0.39, 0.29) is 47.2 Å². The molecule has 0 bridgehead atoms. The number of hydrogen-bond donors (Lipinski definition) is 2. The quantitative estimate of drug-likeness (QED) is 0.422. The van der Waals surface area contributed by atoms with Crippen molar-refractivity contribution >= 4 is 23.6 Å². The van der Waals surface area contributed by atoms with Crippen molar-refractivity contribution in [2.45, 2.75) is 64.2 Å². The highest BCUT2D eigenvalue weighted by atomic mass is 16.6. The summed E-state index contributed by atoms with van der Waals surface area (Å²) in [5.74, 6) is -0.141. The van der Waals surface area contributed by atoms with Crippen LogP contribution in [0.5, 0.6) is 5.88 Å². The molecule has 2 amide bonds. The Morgan fingerprint density at radius 1 is 0.925 bits per heavy atom. The van der Waals surface area contributed by atoms with Gasteiger partial charge in [0.15, 0.2) is 0 Å². The fourth-order valence-electron chi connectivity index (χ4n) is 4.53. The average molecular weight is 546 g/mol. The van der Waals surface area contributed by atoms with Gasteiger partial charge in [-0.3, -0.25) is 9.59 Å². The van der Waals surface area contributed by atoms with E-state index in [1.54, 1.807) is 53.4 Å². The average Bonchev–Trinajstić information content (AvgIpc) is 3.69. The van der Waals surface area contributed by atoms with E-state index in [9.17, 15) is 14.4 Å². The first-order chi connectivity index (χ1) is 19.1. The van der Waals surface area contributed by atoms with Crippen LogP contribution >= 0.6 is 0 Å². The number of nitrogens with two attached hydrogens (primary N) is 1. The third kappa shape index (κ3) is 6.27. The van der Waals surface area contributed by atoms with Gasteiger partial charge in [-0.15, -0.1) is 5.10 Å². The number of nitrogen functional groups attached to an aromatic ring is 1. The fraction of sp³-hybridized carbons (Fsp3) is 0.400. The van der Waals surface area contributed by atoms with Crippen molar-refractivity contribution < 1.29 is 23.9 Å². The molecule has 10 nitrogen and oxygen atoms in total. The molecule has 0 atom stereocenters. The molecule has 40 heavy (non-hydrogen) atoms. The predicted octanol–water partition coefficient (Wildman–Crippen LogP) is 4.36. The summed E-state index contributed by atoms with van der Waals surface area (Å²) in [6.07, 6.45) is 2.50. The fourth-order valence-corrected chi connectivity index (χ4v) is 4.53. The predicted molar refractivity (Wildman–Crippen MR) is 150 cm³/mol. The minimum Gasteiger partial charge on any atom is -0.473 e. The van der Waals surface area contributed by atoms with Gasteiger partial charge in [0.25, 0.3) is 5.91 Å². The zero-order chi connectivity index (χ0) is 28.4. The number of aromatic nitrogens is 2. The van der Waals surface area contributed by atoms with Gasteiger partial charge in [0.1, 0.15) is 23.1 Å². The number of nitrogens with one attached hydrogen (secondary N) is 1. The highest BCUT2D eigenvalue weighted by molar-refractivity contribution is 6.13. The number of carbonyl (C=O) groups excluding carboxylic acids is 3. The Morgan fingerprint density at radius 3 is 2.17 bits per heavy atom. The van der Waals surface area contributed by atoms with E-state index in [0.29, 0.717) is 42.7 Å². The van der Waals surface area contributed by atoms with Crippen LogP contribution in [0, 0.1) is 0 Å². The highest BCUT2D eigenvalue weighted by Crippen LogP contribution is 2.32. The Kier molecular flexibility index (Phi) is 7.51. The third-order valence-corrected chi connectivity index (χ3v) is 6.81. The Hall–Kier alpha value is -4.34. The lowest BCUT2D eigenvalue weighted by Gasteiger charge is -2.33.